The van der Waals surface area contributed by atoms with Crippen LogP contribution in [0.4, 0.5) is 0 Å². The van der Waals surface area contributed by atoms with Gasteiger partial charge in [-0.05, 0) is 75.8 Å². The van der Waals surface area contributed by atoms with Gasteiger partial charge in [0.15, 0.2) is 11.5 Å². The first kappa shape index (κ1) is 21.2. The van der Waals surface area contributed by atoms with Crippen LogP contribution in [-0.2, 0) is 15.0 Å². The number of carbonyl (C=O) groups excluding carboxylic acids is 1. The summed E-state index contributed by atoms with van der Waals surface area (Å²) in [6, 6.07) is 12.0. The van der Waals surface area contributed by atoms with Gasteiger partial charge in [0.25, 0.3) is 0 Å². The average molecular weight is 461 g/mol. The van der Waals surface area contributed by atoms with Gasteiger partial charge in [-0.2, -0.15) is 0 Å². The Hall–Kier alpha value is -3.39. The van der Waals surface area contributed by atoms with Crippen molar-refractivity contribution in [3.05, 3.63) is 47.9 Å². The zero-order valence-corrected chi connectivity index (χ0v) is 19.4. The second-order valence-electron chi connectivity index (χ2n) is 9.74. The van der Waals surface area contributed by atoms with Gasteiger partial charge in [-0.25, -0.2) is 10.5 Å². The molecular weight excluding hydrogens is 432 g/mol. The predicted molar refractivity (Wildman–Crippen MR) is 125 cm³/mol. The molecular formula is C26H28N4O4. The Morgan fingerprint density at radius 3 is 2.53 bits per heavy atom. The minimum Gasteiger partial charge on any atom is -0.454 e. The lowest BCUT2D eigenvalue weighted by Crippen LogP contribution is -2.51. The highest BCUT2D eigenvalue weighted by atomic mass is 16.7. The highest BCUT2D eigenvalue weighted by Gasteiger charge is 2.54. The normalized spacial score (nSPS) is 24.9. The van der Waals surface area contributed by atoms with Crippen LogP contribution in [0.25, 0.3) is 22.6 Å². The molecule has 2 aromatic heterocycles. The number of ether oxygens (including phenoxy) is 2. The van der Waals surface area contributed by atoms with Crippen molar-refractivity contribution in [3.8, 4) is 34.1 Å². The second-order valence-corrected chi connectivity index (χ2v) is 9.74. The van der Waals surface area contributed by atoms with Crippen LogP contribution in [-0.4, -0.2) is 34.8 Å². The molecule has 0 radical (unpaired) electrons. The van der Waals surface area contributed by atoms with Crippen molar-refractivity contribution in [1.82, 2.24) is 20.4 Å². The zero-order chi connectivity index (χ0) is 23.3. The third-order valence-corrected chi connectivity index (χ3v) is 7.92. The maximum Gasteiger partial charge on any atom is 0.249 e. The van der Waals surface area contributed by atoms with E-state index in [1.165, 1.54) is 7.11 Å². The fourth-order valence-electron chi connectivity index (χ4n) is 5.83. The van der Waals surface area contributed by atoms with Gasteiger partial charge in [-0.15, -0.1) is 0 Å². The predicted octanol–water partition coefficient (Wildman–Crippen LogP) is 4.45. The molecule has 3 aromatic rings. The van der Waals surface area contributed by atoms with Crippen molar-refractivity contribution < 1.29 is 19.1 Å². The van der Waals surface area contributed by atoms with E-state index in [1.807, 2.05) is 43.3 Å². The molecule has 3 heterocycles. The Kier molecular flexibility index (Phi) is 4.88. The van der Waals surface area contributed by atoms with E-state index in [-0.39, 0.29) is 23.5 Å². The fourth-order valence-corrected chi connectivity index (χ4v) is 5.83. The molecule has 3 fully saturated rings. The SMILES string of the molecule is CONC(=O)C12CCC(c3nc(-c4ccc5c(c4)OCO5)c(-c4cccc(C)n4)[nH]3)(CC1)CC2. The molecule has 1 aromatic carbocycles. The Morgan fingerprint density at radius 2 is 1.79 bits per heavy atom. The van der Waals surface area contributed by atoms with Gasteiger partial charge in [0.2, 0.25) is 12.7 Å². The summed E-state index contributed by atoms with van der Waals surface area (Å²) in [6.45, 7) is 2.23. The van der Waals surface area contributed by atoms with E-state index < -0.39 is 0 Å². The van der Waals surface area contributed by atoms with Crippen LogP contribution in [0, 0.1) is 12.3 Å². The molecule has 3 aliphatic carbocycles. The molecule has 3 saturated carbocycles. The summed E-state index contributed by atoms with van der Waals surface area (Å²) in [5, 5.41) is 0. The van der Waals surface area contributed by atoms with Crippen molar-refractivity contribution >= 4 is 5.91 Å². The molecule has 1 aliphatic heterocycles. The number of rotatable bonds is 5. The maximum absolute atomic E-state index is 12.7. The fraction of sp³-hybridized carbons (Fsp3) is 0.423. The third-order valence-electron chi connectivity index (χ3n) is 7.92. The standard InChI is InChI=1S/C26H28N4O4/c1-16-4-3-5-18(27-16)22-21(17-6-7-19-20(14-17)34-15-33-19)28-23(29-22)25-8-11-26(12-9-25,13-10-25)24(31)30-32-2/h3-7,14H,8-13,15H2,1-2H3,(H,28,29)(H,30,31). The number of hydrogen-bond donors (Lipinski definition) is 2. The molecule has 34 heavy (non-hydrogen) atoms. The largest absolute Gasteiger partial charge is 0.454 e. The van der Waals surface area contributed by atoms with Crippen LogP contribution in [0.3, 0.4) is 0 Å². The van der Waals surface area contributed by atoms with Crippen LogP contribution in [0.5, 0.6) is 11.5 Å². The lowest BCUT2D eigenvalue weighted by atomic mass is 9.53. The first-order valence-corrected chi connectivity index (χ1v) is 11.8. The number of imidazole rings is 1. The van der Waals surface area contributed by atoms with Crippen LogP contribution < -0.4 is 15.0 Å². The molecule has 8 nitrogen and oxygen atoms in total. The summed E-state index contributed by atoms with van der Waals surface area (Å²) < 4.78 is 11.1. The molecule has 8 heteroatoms. The number of nitrogens with one attached hydrogen (secondary N) is 2. The van der Waals surface area contributed by atoms with Gasteiger partial charge >= 0.3 is 0 Å². The molecule has 0 unspecified atom stereocenters. The zero-order valence-electron chi connectivity index (χ0n) is 19.4. The third kappa shape index (κ3) is 3.27. The molecule has 1 amide bonds. The van der Waals surface area contributed by atoms with E-state index >= 15 is 0 Å². The Morgan fingerprint density at radius 1 is 1.03 bits per heavy atom. The lowest BCUT2D eigenvalue weighted by Gasteiger charge is -2.51. The number of aromatic amines is 1. The van der Waals surface area contributed by atoms with E-state index in [9.17, 15) is 4.79 Å². The van der Waals surface area contributed by atoms with E-state index in [2.05, 4.69) is 10.5 Å². The quantitative estimate of drug-likeness (QED) is 0.546. The van der Waals surface area contributed by atoms with E-state index in [0.717, 1.165) is 84.2 Å². The minimum atomic E-state index is -0.328. The van der Waals surface area contributed by atoms with Gasteiger partial charge in [0.1, 0.15) is 5.82 Å². The molecule has 0 atom stereocenters. The number of amides is 1. The maximum atomic E-state index is 12.7. The molecule has 176 valence electrons. The summed E-state index contributed by atoms with van der Waals surface area (Å²) >= 11 is 0. The molecule has 0 spiro atoms. The number of nitrogens with zero attached hydrogens (tertiary/aromatic N) is 2. The minimum absolute atomic E-state index is 0.00782. The van der Waals surface area contributed by atoms with Crippen molar-refractivity contribution in [1.29, 1.82) is 0 Å². The Labute approximate surface area is 198 Å². The van der Waals surface area contributed by atoms with Gasteiger partial charge in [-0.1, -0.05) is 6.07 Å². The van der Waals surface area contributed by atoms with E-state index in [0.29, 0.717) is 0 Å². The summed E-state index contributed by atoms with van der Waals surface area (Å²) in [4.78, 5) is 31.2. The van der Waals surface area contributed by atoms with E-state index in [1.54, 1.807) is 0 Å². The summed E-state index contributed by atoms with van der Waals surface area (Å²) in [6.07, 6.45) is 5.25. The highest BCUT2D eigenvalue weighted by molar-refractivity contribution is 5.82. The van der Waals surface area contributed by atoms with Crippen molar-refractivity contribution in [2.24, 2.45) is 5.41 Å². The van der Waals surface area contributed by atoms with Crippen molar-refractivity contribution in [2.45, 2.75) is 50.9 Å². The van der Waals surface area contributed by atoms with Crippen LogP contribution in [0.1, 0.15) is 50.0 Å². The lowest BCUT2D eigenvalue weighted by molar-refractivity contribution is -0.149. The number of hydrogen-bond acceptors (Lipinski definition) is 6. The monoisotopic (exact) mass is 460 g/mol. The number of aryl methyl sites for hydroxylation is 1. The van der Waals surface area contributed by atoms with Crippen LogP contribution in [0.2, 0.25) is 0 Å². The number of pyridine rings is 1. The number of hydroxylamine groups is 1. The smallest absolute Gasteiger partial charge is 0.249 e. The van der Waals surface area contributed by atoms with Gasteiger partial charge in [0.05, 0.1) is 29.6 Å². The molecule has 4 aliphatic rings. The Balaban J connectivity index is 1.40. The van der Waals surface area contributed by atoms with Crippen LogP contribution in [0.15, 0.2) is 36.4 Å². The summed E-state index contributed by atoms with van der Waals surface area (Å²) in [5.74, 6) is 2.47. The highest BCUT2D eigenvalue weighted by Crippen LogP contribution is 2.57. The molecule has 0 saturated heterocycles. The van der Waals surface area contributed by atoms with Gasteiger partial charge < -0.3 is 14.5 Å². The number of benzene rings is 1. The van der Waals surface area contributed by atoms with Crippen molar-refractivity contribution in [2.75, 3.05) is 13.9 Å². The van der Waals surface area contributed by atoms with Gasteiger partial charge in [0, 0.05) is 16.7 Å². The number of carbonyl (C=O) groups is 1. The average Bonchev–Trinajstić information content (AvgIpc) is 3.53. The topological polar surface area (TPSA) is 98.4 Å². The first-order chi connectivity index (χ1) is 16.5. The summed E-state index contributed by atoms with van der Waals surface area (Å²) in [5.41, 5.74) is 6.72. The number of H-pyrrole nitrogens is 1. The van der Waals surface area contributed by atoms with Gasteiger partial charge in [-0.3, -0.25) is 14.6 Å². The molecule has 2 bridgehead atoms. The Bertz CT molecular complexity index is 1240. The van der Waals surface area contributed by atoms with Crippen molar-refractivity contribution in [3.63, 3.8) is 0 Å². The summed E-state index contributed by atoms with van der Waals surface area (Å²) in [7, 11) is 1.49. The van der Waals surface area contributed by atoms with E-state index in [4.69, 9.17) is 24.3 Å². The number of aromatic nitrogens is 3. The molecule has 7 rings (SSSR count). The van der Waals surface area contributed by atoms with Crippen LogP contribution >= 0.6 is 0 Å². The second kappa shape index (κ2) is 7.84. The molecule has 2 N–H and O–H groups in total. The number of fused-ring (bicyclic) bond motifs is 4. The first-order valence-electron chi connectivity index (χ1n) is 11.8.